The number of hydrogen-bond acceptors (Lipinski definition) is 5. The smallest absolute Gasteiger partial charge is 0.324 e. The molecule has 0 N–H and O–H groups in total. The number of nitrogens with zero attached hydrogens (tertiary/aromatic N) is 4. The van der Waals surface area contributed by atoms with Crippen LogP contribution in [0.2, 0.25) is 0 Å². The van der Waals surface area contributed by atoms with E-state index in [1.807, 2.05) is 18.7 Å². The van der Waals surface area contributed by atoms with Crippen LogP contribution in [-0.2, 0) is 0 Å². The lowest BCUT2D eigenvalue weighted by Gasteiger charge is -2.33. The Kier molecular flexibility index (Phi) is 4.46. The van der Waals surface area contributed by atoms with Crippen molar-refractivity contribution in [3.63, 3.8) is 0 Å². The van der Waals surface area contributed by atoms with Crippen molar-refractivity contribution in [3.8, 4) is 0 Å². The van der Waals surface area contributed by atoms with E-state index < -0.39 is 11.6 Å². The average Bonchev–Trinajstić information content (AvgIpc) is 3.07. The summed E-state index contributed by atoms with van der Waals surface area (Å²) in [7, 11) is 0. The van der Waals surface area contributed by atoms with Crippen molar-refractivity contribution in [2.45, 2.75) is 19.8 Å². The Balaban J connectivity index is 1.63. The third-order valence-electron chi connectivity index (χ3n) is 3.95. The quantitative estimate of drug-likeness (QED) is 0.861. The number of amides is 1. The molecule has 6 nitrogen and oxygen atoms in total. The van der Waals surface area contributed by atoms with Crippen molar-refractivity contribution in [3.05, 3.63) is 41.2 Å². The van der Waals surface area contributed by atoms with Crippen molar-refractivity contribution in [1.82, 2.24) is 15.0 Å². The van der Waals surface area contributed by atoms with Crippen LogP contribution in [0.15, 0.2) is 22.7 Å². The van der Waals surface area contributed by atoms with Crippen LogP contribution in [0.3, 0.4) is 0 Å². The van der Waals surface area contributed by atoms with Gasteiger partial charge in [-0.1, -0.05) is 19.0 Å². The molecule has 1 aromatic heterocycles. The van der Waals surface area contributed by atoms with Crippen LogP contribution in [0.25, 0.3) is 0 Å². The van der Waals surface area contributed by atoms with Crippen LogP contribution in [0.1, 0.15) is 35.9 Å². The molecule has 1 aliphatic heterocycles. The maximum absolute atomic E-state index is 13.3. The zero-order chi connectivity index (χ0) is 17.3. The van der Waals surface area contributed by atoms with Crippen molar-refractivity contribution >= 4 is 11.9 Å². The van der Waals surface area contributed by atoms with E-state index in [1.165, 1.54) is 6.07 Å². The number of anilines is 1. The first-order chi connectivity index (χ1) is 11.5. The Morgan fingerprint density at radius 2 is 1.88 bits per heavy atom. The molecule has 0 aliphatic carbocycles. The SMILES string of the molecule is CC(C)c1noc(N2CCN(C(=O)c3ccc(F)c(F)c3)CC2)n1. The van der Waals surface area contributed by atoms with Crippen LogP contribution in [0, 0.1) is 11.6 Å². The summed E-state index contributed by atoms with van der Waals surface area (Å²) in [5.41, 5.74) is 0.141. The first kappa shape index (κ1) is 16.4. The van der Waals surface area contributed by atoms with E-state index in [1.54, 1.807) is 4.90 Å². The average molecular weight is 336 g/mol. The molecule has 0 radical (unpaired) electrons. The van der Waals surface area contributed by atoms with E-state index in [9.17, 15) is 13.6 Å². The molecule has 8 heteroatoms. The van der Waals surface area contributed by atoms with Gasteiger partial charge in [0.15, 0.2) is 17.5 Å². The normalized spacial score (nSPS) is 15.2. The molecule has 1 fully saturated rings. The molecule has 2 aromatic rings. The lowest BCUT2D eigenvalue weighted by atomic mass is 10.1. The predicted molar refractivity (Wildman–Crippen MR) is 82.9 cm³/mol. The van der Waals surface area contributed by atoms with Gasteiger partial charge in [-0.15, -0.1) is 0 Å². The first-order valence-corrected chi connectivity index (χ1v) is 7.78. The number of benzene rings is 1. The molecule has 1 amide bonds. The maximum Gasteiger partial charge on any atom is 0.324 e. The van der Waals surface area contributed by atoms with Crippen LogP contribution in [0.5, 0.6) is 0 Å². The van der Waals surface area contributed by atoms with Gasteiger partial charge in [0.2, 0.25) is 0 Å². The Morgan fingerprint density at radius 3 is 2.46 bits per heavy atom. The van der Waals surface area contributed by atoms with Gasteiger partial charge in [-0.25, -0.2) is 8.78 Å². The largest absolute Gasteiger partial charge is 0.335 e. The molecule has 1 aliphatic rings. The first-order valence-electron chi connectivity index (χ1n) is 7.78. The maximum atomic E-state index is 13.3. The summed E-state index contributed by atoms with van der Waals surface area (Å²) in [5.74, 6) is -1.48. The van der Waals surface area contributed by atoms with E-state index in [4.69, 9.17) is 4.52 Å². The summed E-state index contributed by atoms with van der Waals surface area (Å²) < 4.78 is 31.5. The predicted octanol–water partition coefficient (Wildman–Crippen LogP) is 2.43. The molecule has 1 aromatic carbocycles. The summed E-state index contributed by atoms with van der Waals surface area (Å²) in [4.78, 5) is 20.2. The highest BCUT2D eigenvalue weighted by Crippen LogP contribution is 2.19. The van der Waals surface area contributed by atoms with E-state index in [-0.39, 0.29) is 17.4 Å². The molecule has 0 unspecified atom stereocenters. The number of rotatable bonds is 3. The Morgan fingerprint density at radius 1 is 1.17 bits per heavy atom. The number of carbonyl (C=O) groups excluding carboxylic acids is 1. The number of aromatic nitrogens is 2. The van der Waals surface area contributed by atoms with E-state index in [2.05, 4.69) is 10.1 Å². The second-order valence-electron chi connectivity index (χ2n) is 6.00. The summed E-state index contributed by atoms with van der Waals surface area (Å²) in [6.45, 7) is 5.92. The minimum atomic E-state index is -1.02. The molecule has 1 saturated heterocycles. The third-order valence-corrected chi connectivity index (χ3v) is 3.95. The number of carbonyl (C=O) groups is 1. The molecule has 128 valence electrons. The van der Waals surface area contributed by atoms with Gasteiger partial charge in [-0.2, -0.15) is 4.98 Å². The summed E-state index contributed by atoms with van der Waals surface area (Å²) >= 11 is 0. The van der Waals surface area contributed by atoms with Gasteiger partial charge >= 0.3 is 6.01 Å². The molecule has 0 atom stereocenters. The Labute approximate surface area is 138 Å². The minimum absolute atomic E-state index is 0.141. The highest BCUT2D eigenvalue weighted by molar-refractivity contribution is 5.94. The van der Waals surface area contributed by atoms with E-state index >= 15 is 0 Å². The van der Waals surface area contributed by atoms with Crippen molar-refractivity contribution in [1.29, 1.82) is 0 Å². The van der Waals surface area contributed by atoms with Crippen LogP contribution in [0.4, 0.5) is 14.8 Å². The van der Waals surface area contributed by atoms with Crippen LogP contribution < -0.4 is 4.90 Å². The van der Waals surface area contributed by atoms with Gasteiger partial charge in [0.25, 0.3) is 5.91 Å². The molecular formula is C16H18F2N4O2. The van der Waals surface area contributed by atoms with Crippen molar-refractivity contribution < 1.29 is 18.1 Å². The highest BCUT2D eigenvalue weighted by Gasteiger charge is 2.25. The molecule has 0 bridgehead atoms. The van der Waals surface area contributed by atoms with Gasteiger partial charge in [0.05, 0.1) is 0 Å². The van der Waals surface area contributed by atoms with Gasteiger partial charge in [0.1, 0.15) is 0 Å². The Bertz CT molecular complexity index is 739. The number of piperazine rings is 1. The summed E-state index contributed by atoms with van der Waals surface area (Å²) in [6.07, 6.45) is 0. The standard InChI is InChI=1S/C16H18F2N4O2/c1-10(2)14-19-16(24-20-14)22-7-5-21(6-8-22)15(23)11-3-4-12(17)13(18)9-11/h3-4,9-10H,5-8H2,1-2H3. The molecule has 3 rings (SSSR count). The van der Waals surface area contributed by atoms with Crippen LogP contribution >= 0.6 is 0 Å². The second-order valence-corrected chi connectivity index (χ2v) is 6.00. The molecule has 0 spiro atoms. The topological polar surface area (TPSA) is 62.5 Å². The van der Waals surface area contributed by atoms with Gasteiger partial charge in [-0.3, -0.25) is 4.79 Å². The molecule has 24 heavy (non-hydrogen) atoms. The number of hydrogen-bond donors (Lipinski definition) is 0. The molecule has 0 saturated carbocycles. The lowest BCUT2D eigenvalue weighted by Crippen LogP contribution is -2.49. The van der Waals surface area contributed by atoms with Crippen molar-refractivity contribution in [2.75, 3.05) is 31.1 Å². The van der Waals surface area contributed by atoms with E-state index in [0.717, 1.165) is 12.1 Å². The van der Waals surface area contributed by atoms with Gasteiger partial charge < -0.3 is 14.3 Å². The summed E-state index contributed by atoms with van der Waals surface area (Å²) in [6, 6.07) is 3.63. The van der Waals surface area contributed by atoms with Crippen molar-refractivity contribution in [2.24, 2.45) is 0 Å². The monoisotopic (exact) mass is 336 g/mol. The Hall–Kier alpha value is -2.51. The van der Waals surface area contributed by atoms with Gasteiger partial charge in [-0.05, 0) is 18.2 Å². The minimum Gasteiger partial charge on any atom is -0.335 e. The zero-order valence-electron chi connectivity index (χ0n) is 13.5. The second kappa shape index (κ2) is 6.54. The fourth-order valence-corrected chi connectivity index (χ4v) is 2.50. The van der Waals surface area contributed by atoms with Crippen LogP contribution in [-0.4, -0.2) is 47.1 Å². The lowest BCUT2D eigenvalue weighted by molar-refractivity contribution is 0.0744. The third kappa shape index (κ3) is 3.22. The highest BCUT2D eigenvalue weighted by atomic mass is 19.2. The fourth-order valence-electron chi connectivity index (χ4n) is 2.50. The summed E-state index contributed by atoms with van der Waals surface area (Å²) in [5, 5.41) is 3.93. The fraction of sp³-hybridized carbons (Fsp3) is 0.438. The molecular weight excluding hydrogens is 318 g/mol. The van der Waals surface area contributed by atoms with Gasteiger partial charge in [0, 0.05) is 37.7 Å². The zero-order valence-corrected chi connectivity index (χ0v) is 13.5. The molecule has 2 heterocycles. The number of halogens is 2. The van der Waals surface area contributed by atoms with E-state index in [0.29, 0.717) is 38.0 Å².